The summed E-state index contributed by atoms with van der Waals surface area (Å²) in [6.07, 6.45) is -3.17. The van der Waals surface area contributed by atoms with E-state index in [0.717, 1.165) is 38.1 Å². The number of anilines is 1. The van der Waals surface area contributed by atoms with Gasteiger partial charge < -0.3 is 10.5 Å². The van der Waals surface area contributed by atoms with Crippen molar-refractivity contribution in [2.24, 2.45) is 11.8 Å². The molecule has 0 bridgehead atoms. The van der Waals surface area contributed by atoms with Crippen LogP contribution >= 0.6 is 0 Å². The van der Waals surface area contributed by atoms with E-state index < -0.39 is 17.6 Å². The van der Waals surface area contributed by atoms with Crippen molar-refractivity contribution in [3.05, 3.63) is 29.6 Å². The van der Waals surface area contributed by atoms with Crippen LogP contribution in [0.5, 0.6) is 0 Å². The monoisotopic (exact) mass is 407 g/mol. The molecule has 3 aliphatic rings. The molecular weight excluding hydrogens is 383 g/mol. The Kier molecular flexibility index (Phi) is 4.19. The highest BCUT2D eigenvalue weighted by Crippen LogP contribution is 2.59. The first kappa shape index (κ1) is 18.9. The van der Waals surface area contributed by atoms with Crippen LogP contribution in [0.1, 0.15) is 37.1 Å². The Labute approximate surface area is 166 Å². The predicted octanol–water partition coefficient (Wildman–Crippen LogP) is 3.17. The fraction of sp³-hybridized carbons (Fsp3) is 0.600. The normalized spacial score (nSPS) is 27.3. The average Bonchev–Trinajstić information content (AvgIpc) is 2.96. The number of aromatic nitrogens is 3. The number of hydrogen-bond acceptors (Lipinski definition) is 5. The van der Waals surface area contributed by atoms with Gasteiger partial charge >= 0.3 is 6.18 Å². The molecule has 0 unspecified atom stereocenters. The van der Waals surface area contributed by atoms with Gasteiger partial charge in [-0.3, -0.25) is 9.58 Å². The molecule has 2 N–H and O–H groups in total. The molecule has 2 saturated heterocycles. The first-order valence-electron chi connectivity index (χ1n) is 9.98. The lowest BCUT2D eigenvalue weighted by Crippen LogP contribution is -2.48. The predicted molar refractivity (Wildman–Crippen MR) is 101 cm³/mol. The largest absolute Gasteiger partial charge is 0.419 e. The number of halogens is 3. The number of ether oxygens (including phenoxy) is 1. The lowest BCUT2D eigenvalue weighted by molar-refractivity contribution is -0.137. The highest BCUT2D eigenvalue weighted by atomic mass is 19.4. The summed E-state index contributed by atoms with van der Waals surface area (Å²) < 4.78 is 46.9. The van der Waals surface area contributed by atoms with Crippen LogP contribution in [-0.2, 0) is 10.9 Å². The van der Waals surface area contributed by atoms with Crippen LogP contribution in [0, 0.1) is 11.8 Å². The van der Waals surface area contributed by atoms with Crippen LogP contribution in [0.2, 0.25) is 0 Å². The van der Waals surface area contributed by atoms with Crippen molar-refractivity contribution in [2.45, 2.75) is 38.0 Å². The zero-order valence-electron chi connectivity index (χ0n) is 16.4. The molecule has 0 radical (unpaired) electrons. The smallest absolute Gasteiger partial charge is 0.383 e. The van der Waals surface area contributed by atoms with Crippen LogP contribution < -0.4 is 5.73 Å². The molecule has 1 aliphatic carbocycles. The molecule has 9 heteroatoms. The fourth-order valence-electron chi connectivity index (χ4n) is 4.78. The number of alkyl halides is 3. The number of nitrogens with two attached hydrogens (primary N) is 1. The summed E-state index contributed by atoms with van der Waals surface area (Å²) in [6.45, 7) is 7.85. The Morgan fingerprint density at radius 1 is 1.17 bits per heavy atom. The third kappa shape index (κ3) is 3.11. The van der Waals surface area contributed by atoms with Gasteiger partial charge in [0.15, 0.2) is 0 Å². The van der Waals surface area contributed by atoms with E-state index in [0.29, 0.717) is 35.1 Å². The third-order valence-corrected chi connectivity index (χ3v) is 6.47. The Hall–Kier alpha value is -2.13. The van der Waals surface area contributed by atoms with Crippen LogP contribution in [0.15, 0.2) is 18.3 Å². The molecule has 3 fully saturated rings. The Morgan fingerprint density at radius 2 is 1.86 bits per heavy atom. The van der Waals surface area contributed by atoms with Crippen LogP contribution in [0.25, 0.3) is 11.3 Å². The first-order valence-corrected chi connectivity index (χ1v) is 9.98. The van der Waals surface area contributed by atoms with E-state index in [9.17, 15) is 13.2 Å². The van der Waals surface area contributed by atoms with Crippen molar-refractivity contribution >= 4 is 5.82 Å². The summed E-state index contributed by atoms with van der Waals surface area (Å²) in [5.41, 5.74) is 6.49. The zero-order valence-corrected chi connectivity index (χ0v) is 16.4. The Bertz CT molecular complexity index is 925. The van der Waals surface area contributed by atoms with Crippen molar-refractivity contribution in [3.8, 4) is 11.3 Å². The van der Waals surface area contributed by atoms with Gasteiger partial charge in [-0.25, -0.2) is 4.98 Å². The number of likely N-dealkylation sites (tertiary alicyclic amines) is 1. The van der Waals surface area contributed by atoms with Crippen molar-refractivity contribution in [2.75, 3.05) is 32.0 Å². The molecule has 5 rings (SSSR count). The Morgan fingerprint density at radius 3 is 2.41 bits per heavy atom. The van der Waals surface area contributed by atoms with E-state index >= 15 is 0 Å². The van der Waals surface area contributed by atoms with Crippen molar-refractivity contribution < 1.29 is 17.9 Å². The summed E-state index contributed by atoms with van der Waals surface area (Å²) in [7, 11) is 0. The van der Waals surface area contributed by atoms with Crippen molar-refractivity contribution in [3.63, 3.8) is 0 Å². The van der Waals surface area contributed by atoms with E-state index in [2.05, 4.69) is 15.0 Å². The van der Waals surface area contributed by atoms with E-state index in [1.807, 2.05) is 24.6 Å². The van der Waals surface area contributed by atoms with Crippen molar-refractivity contribution in [1.29, 1.82) is 0 Å². The SMILES string of the molecule is CC(C)n1nc(-c2cnc(N)c(C(F)(F)F)c2)cc1C1[C@@H]2CN(C3COC3)C[C@@H]12. The van der Waals surface area contributed by atoms with Gasteiger partial charge in [-0.15, -0.1) is 0 Å². The number of piperidine rings is 1. The maximum absolute atomic E-state index is 13.2. The van der Waals surface area contributed by atoms with Crippen LogP contribution in [0.4, 0.5) is 19.0 Å². The lowest BCUT2D eigenvalue weighted by atomic mass is 10.1. The summed E-state index contributed by atoms with van der Waals surface area (Å²) in [5.74, 6) is 1.09. The van der Waals surface area contributed by atoms with Gasteiger partial charge in [0.1, 0.15) is 5.82 Å². The highest BCUT2D eigenvalue weighted by molar-refractivity contribution is 5.63. The summed E-state index contributed by atoms with van der Waals surface area (Å²) in [5, 5.41) is 4.64. The second-order valence-corrected chi connectivity index (χ2v) is 8.65. The molecule has 29 heavy (non-hydrogen) atoms. The molecular formula is C20H24F3N5O. The van der Waals surface area contributed by atoms with Crippen molar-refractivity contribution in [1.82, 2.24) is 19.7 Å². The van der Waals surface area contributed by atoms with Gasteiger partial charge in [-0.2, -0.15) is 18.3 Å². The molecule has 2 aromatic rings. The Balaban J connectivity index is 1.43. The summed E-state index contributed by atoms with van der Waals surface area (Å²) in [4.78, 5) is 6.26. The minimum atomic E-state index is -4.54. The minimum absolute atomic E-state index is 0.125. The van der Waals surface area contributed by atoms with E-state index in [1.165, 1.54) is 6.20 Å². The van der Waals surface area contributed by atoms with Gasteiger partial charge in [0, 0.05) is 42.5 Å². The number of nitrogens with zero attached hydrogens (tertiary/aromatic N) is 4. The fourth-order valence-corrected chi connectivity index (χ4v) is 4.78. The van der Waals surface area contributed by atoms with Gasteiger partial charge in [-0.05, 0) is 37.8 Å². The molecule has 4 heterocycles. The minimum Gasteiger partial charge on any atom is -0.383 e. The topological polar surface area (TPSA) is 69.2 Å². The molecule has 2 atom stereocenters. The average molecular weight is 407 g/mol. The molecule has 0 amide bonds. The van der Waals surface area contributed by atoms with E-state index in [1.54, 1.807) is 0 Å². The van der Waals surface area contributed by atoms with Gasteiger partial charge in [0.05, 0.1) is 30.5 Å². The highest BCUT2D eigenvalue weighted by Gasteiger charge is 2.58. The maximum atomic E-state index is 13.2. The molecule has 1 saturated carbocycles. The van der Waals surface area contributed by atoms with E-state index in [4.69, 9.17) is 10.5 Å². The molecule has 0 aromatic carbocycles. The summed E-state index contributed by atoms with van der Waals surface area (Å²) in [6, 6.07) is 3.66. The number of hydrogen-bond donors (Lipinski definition) is 1. The first-order chi connectivity index (χ1) is 13.7. The second kappa shape index (κ2) is 6.43. The third-order valence-electron chi connectivity index (χ3n) is 6.47. The molecule has 156 valence electrons. The molecule has 6 nitrogen and oxygen atoms in total. The molecule has 0 spiro atoms. The number of rotatable bonds is 4. The maximum Gasteiger partial charge on any atom is 0.419 e. The number of fused-ring (bicyclic) bond motifs is 1. The quantitative estimate of drug-likeness (QED) is 0.843. The molecule has 2 aliphatic heterocycles. The van der Waals surface area contributed by atoms with Crippen LogP contribution in [0.3, 0.4) is 0 Å². The van der Waals surface area contributed by atoms with Crippen LogP contribution in [-0.4, -0.2) is 52.0 Å². The summed E-state index contributed by atoms with van der Waals surface area (Å²) >= 11 is 0. The second-order valence-electron chi connectivity index (χ2n) is 8.65. The van der Waals surface area contributed by atoms with E-state index in [-0.39, 0.29) is 6.04 Å². The molecule has 2 aromatic heterocycles. The number of nitrogen functional groups attached to an aromatic ring is 1. The number of pyridine rings is 1. The van der Waals surface area contributed by atoms with Gasteiger partial charge in [-0.1, -0.05) is 0 Å². The standard InChI is InChI=1S/C20H24F3N5O/c1-10(2)28-17(18-13-6-27(7-14(13)18)12-8-29-9-12)4-16(26-28)11-3-15(20(21,22)23)19(24)25-5-11/h3-5,10,12-14,18H,6-9H2,1-2H3,(H2,24,25)/t13-,14-/m1/s1. The van der Waals surface area contributed by atoms with Gasteiger partial charge in [0.2, 0.25) is 0 Å². The lowest BCUT2D eigenvalue weighted by Gasteiger charge is -2.35. The van der Waals surface area contributed by atoms with Gasteiger partial charge in [0.25, 0.3) is 0 Å². The zero-order chi connectivity index (χ0) is 20.5.